The van der Waals surface area contributed by atoms with Gasteiger partial charge in [-0.25, -0.2) is 0 Å². The number of benzene rings is 1. The van der Waals surface area contributed by atoms with Gasteiger partial charge in [0.25, 0.3) is 0 Å². The molecule has 8 atom stereocenters. The van der Waals surface area contributed by atoms with E-state index in [4.69, 9.17) is 4.74 Å². The molecule has 5 aliphatic rings. The maximum atomic E-state index is 5.65. The quantitative estimate of drug-likeness (QED) is 0.556. The van der Waals surface area contributed by atoms with Crippen molar-refractivity contribution in [2.75, 3.05) is 7.11 Å². The average Bonchev–Trinajstić information content (AvgIpc) is 3.26. The summed E-state index contributed by atoms with van der Waals surface area (Å²) in [6.45, 7) is 0. The molecule has 1 heteroatoms. The highest BCUT2D eigenvalue weighted by Crippen LogP contribution is 2.73. The smallest absolute Gasteiger partial charge is 0.122 e. The van der Waals surface area contributed by atoms with Crippen molar-refractivity contribution in [3.8, 4) is 5.75 Å². The molecule has 0 saturated heterocycles. The van der Waals surface area contributed by atoms with Crippen molar-refractivity contribution >= 4 is 0 Å². The number of fused-ring (bicyclic) bond motifs is 14. The molecule has 0 heterocycles. The number of hydrogen-bond donors (Lipinski definition) is 0. The maximum Gasteiger partial charge on any atom is 0.122 e. The number of allylic oxidation sites excluding steroid dienone is 2. The van der Waals surface area contributed by atoms with Crippen LogP contribution in [-0.4, -0.2) is 7.11 Å². The topological polar surface area (TPSA) is 9.23 Å². The zero-order valence-electron chi connectivity index (χ0n) is 12.5. The van der Waals surface area contributed by atoms with Gasteiger partial charge in [-0.15, -0.1) is 0 Å². The van der Waals surface area contributed by atoms with Crippen molar-refractivity contribution in [3.05, 3.63) is 41.5 Å². The normalized spacial score (nSPS) is 50.3. The lowest BCUT2D eigenvalue weighted by atomic mass is 9.65. The Kier molecular flexibility index (Phi) is 1.92. The van der Waals surface area contributed by atoms with E-state index < -0.39 is 0 Å². The first-order valence-corrected chi connectivity index (χ1v) is 8.71. The number of hydrogen-bond acceptors (Lipinski definition) is 1. The van der Waals surface area contributed by atoms with Crippen LogP contribution in [0.3, 0.4) is 0 Å². The molecular formula is C20H22O. The van der Waals surface area contributed by atoms with Crippen molar-refractivity contribution in [2.24, 2.45) is 41.4 Å². The van der Waals surface area contributed by atoms with Crippen molar-refractivity contribution in [1.29, 1.82) is 0 Å². The monoisotopic (exact) mass is 278 g/mol. The molecule has 0 radical (unpaired) electrons. The lowest BCUT2D eigenvalue weighted by Crippen LogP contribution is -2.34. The van der Waals surface area contributed by atoms with E-state index in [-0.39, 0.29) is 0 Å². The third-order valence-corrected chi connectivity index (χ3v) is 7.78. The molecule has 8 unspecified atom stereocenters. The molecule has 1 aromatic carbocycles. The molecule has 0 aromatic heterocycles. The Labute approximate surface area is 126 Å². The molecule has 0 amide bonds. The van der Waals surface area contributed by atoms with E-state index in [0.717, 1.165) is 53.1 Å². The summed E-state index contributed by atoms with van der Waals surface area (Å²) in [6, 6.07) is 6.78. The summed E-state index contributed by atoms with van der Waals surface area (Å²) in [5, 5.41) is 0. The molecule has 1 aromatic rings. The first-order chi connectivity index (χ1) is 10.4. The van der Waals surface area contributed by atoms with E-state index in [1.807, 2.05) is 7.11 Å². The minimum atomic E-state index is 0.856. The molecule has 3 fully saturated rings. The van der Waals surface area contributed by atoms with Gasteiger partial charge in [0.05, 0.1) is 7.11 Å². The predicted molar refractivity (Wildman–Crippen MR) is 82.2 cm³/mol. The largest absolute Gasteiger partial charge is 0.496 e. The first-order valence-electron chi connectivity index (χ1n) is 8.71. The van der Waals surface area contributed by atoms with Crippen LogP contribution >= 0.6 is 0 Å². The Bertz CT molecular complexity index is 660. The summed E-state index contributed by atoms with van der Waals surface area (Å²) in [7, 11) is 1.83. The second kappa shape index (κ2) is 3.56. The Morgan fingerprint density at radius 2 is 1.76 bits per heavy atom. The fourth-order valence-electron chi connectivity index (χ4n) is 7.44. The second-order valence-electron chi connectivity index (χ2n) is 8.09. The Morgan fingerprint density at radius 3 is 2.57 bits per heavy atom. The molecule has 21 heavy (non-hydrogen) atoms. The van der Waals surface area contributed by atoms with E-state index in [1.54, 1.807) is 11.1 Å². The van der Waals surface area contributed by atoms with E-state index in [2.05, 4.69) is 30.4 Å². The first kappa shape index (κ1) is 11.3. The van der Waals surface area contributed by atoms with Crippen LogP contribution in [0.1, 0.15) is 29.9 Å². The fourth-order valence-corrected chi connectivity index (χ4v) is 7.44. The van der Waals surface area contributed by atoms with Crippen molar-refractivity contribution in [3.63, 3.8) is 0 Å². The lowest BCUT2D eigenvalue weighted by molar-refractivity contribution is 0.136. The SMILES string of the molecule is COc1cccc2c1CC1C3CC(C21)C1C2C=CC(C2)C31. The molecule has 6 rings (SSSR count). The molecule has 1 nitrogen and oxygen atoms in total. The van der Waals surface area contributed by atoms with E-state index in [9.17, 15) is 0 Å². The van der Waals surface area contributed by atoms with Crippen LogP contribution < -0.4 is 4.74 Å². The Balaban J connectivity index is 1.48. The van der Waals surface area contributed by atoms with Crippen LogP contribution in [0.4, 0.5) is 0 Å². The minimum Gasteiger partial charge on any atom is -0.496 e. The maximum absolute atomic E-state index is 5.65. The van der Waals surface area contributed by atoms with Crippen LogP contribution in [0.25, 0.3) is 0 Å². The Morgan fingerprint density at radius 1 is 0.952 bits per heavy atom. The third kappa shape index (κ3) is 1.15. The van der Waals surface area contributed by atoms with Gasteiger partial charge >= 0.3 is 0 Å². The summed E-state index contributed by atoms with van der Waals surface area (Å²) in [4.78, 5) is 0. The van der Waals surface area contributed by atoms with Gasteiger partial charge < -0.3 is 4.74 Å². The highest BCUT2D eigenvalue weighted by molar-refractivity contribution is 5.49. The van der Waals surface area contributed by atoms with Gasteiger partial charge in [0.1, 0.15) is 5.75 Å². The molecule has 0 aliphatic heterocycles. The molecule has 0 spiro atoms. The van der Waals surface area contributed by atoms with Gasteiger partial charge in [-0.1, -0.05) is 24.3 Å². The molecular weight excluding hydrogens is 256 g/mol. The molecule has 5 aliphatic carbocycles. The second-order valence-corrected chi connectivity index (χ2v) is 8.09. The molecule has 3 saturated carbocycles. The Hall–Kier alpha value is -1.24. The van der Waals surface area contributed by atoms with Crippen molar-refractivity contribution in [1.82, 2.24) is 0 Å². The van der Waals surface area contributed by atoms with Gasteiger partial charge in [0, 0.05) is 0 Å². The van der Waals surface area contributed by atoms with E-state index in [1.165, 1.54) is 19.3 Å². The zero-order valence-corrected chi connectivity index (χ0v) is 12.5. The molecule has 0 N–H and O–H groups in total. The van der Waals surface area contributed by atoms with Gasteiger partial charge in [-0.2, -0.15) is 0 Å². The van der Waals surface area contributed by atoms with Gasteiger partial charge in [-0.3, -0.25) is 0 Å². The highest BCUT2D eigenvalue weighted by Gasteiger charge is 2.66. The number of rotatable bonds is 1. The summed E-state index contributed by atoms with van der Waals surface area (Å²) in [6.07, 6.45) is 9.41. The zero-order chi connectivity index (χ0) is 13.7. The van der Waals surface area contributed by atoms with Crippen LogP contribution in [-0.2, 0) is 6.42 Å². The van der Waals surface area contributed by atoms with Gasteiger partial charge in [0.2, 0.25) is 0 Å². The molecule has 108 valence electrons. The lowest BCUT2D eigenvalue weighted by Gasteiger charge is -2.39. The summed E-state index contributed by atoms with van der Waals surface area (Å²) in [5.74, 6) is 8.81. The van der Waals surface area contributed by atoms with Gasteiger partial charge in [-0.05, 0) is 83.8 Å². The number of ether oxygens (including phenoxy) is 1. The fraction of sp³-hybridized carbons (Fsp3) is 0.600. The van der Waals surface area contributed by atoms with Crippen LogP contribution in [0.2, 0.25) is 0 Å². The van der Waals surface area contributed by atoms with E-state index >= 15 is 0 Å². The summed E-state index contributed by atoms with van der Waals surface area (Å²) < 4.78 is 5.65. The minimum absolute atomic E-state index is 0.856. The van der Waals surface area contributed by atoms with Crippen molar-refractivity contribution in [2.45, 2.75) is 25.2 Å². The highest BCUT2D eigenvalue weighted by atomic mass is 16.5. The van der Waals surface area contributed by atoms with Crippen LogP contribution in [0.5, 0.6) is 5.75 Å². The number of methoxy groups -OCH3 is 1. The van der Waals surface area contributed by atoms with Crippen molar-refractivity contribution < 1.29 is 4.74 Å². The third-order valence-electron chi connectivity index (χ3n) is 7.78. The van der Waals surface area contributed by atoms with Crippen LogP contribution in [0, 0.1) is 41.4 Å². The molecule has 4 bridgehead atoms. The standard InChI is InChI=1S/C20H22O/c1-21-17-4-2-3-12-13(17)8-15-14-9-16(20(12)15)19-11-6-5-10(7-11)18(14)19/h2-6,10-11,14-16,18-20H,7-9H2,1H3. The van der Waals surface area contributed by atoms with E-state index in [0.29, 0.717) is 0 Å². The average molecular weight is 278 g/mol. The predicted octanol–water partition coefficient (Wildman–Crippen LogP) is 4.04. The summed E-state index contributed by atoms with van der Waals surface area (Å²) >= 11 is 0. The van der Waals surface area contributed by atoms with Gasteiger partial charge in [0.15, 0.2) is 0 Å². The summed E-state index contributed by atoms with van der Waals surface area (Å²) in [5.41, 5.74) is 3.20. The van der Waals surface area contributed by atoms with Crippen LogP contribution in [0.15, 0.2) is 30.4 Å².